The molecule has 4 N–H and O–H groups in total. The molecule has 9 heteroatoms. The Morgan fingerprint density at radius 1 is 0.951 bits per heavy atom. The Hall–Kier alpha value is -2.81. The molecule has 1 amide bonds. The number of fused-ring (bicyclic) bond motifs is 5. The highest BCUT2D eigenvalue weighted by Crippen LogP contribution is 2.54. The molecule has 41 heavy (non-hydrogen) atoms. The topological polar surface area (TPSA) is 123 Å². The number of benzene rings is 2. The Kier molecular flexibility index (Phi) is 7.92. The van der Waals surface area contributed by atoms with Crippen molar-refractivity contribution >= 4 is 5.91 Å². The molecule has 0 saturated carbocycles. The van der Waals surface area contributed by atoms with Gasteiger partial charge in [-0.3, -0.25) is 9.69 Å². The second-order valence-electron chi connectivity index (χ2n) is 11.7. The second kappa shape index (κ2) is 11.5. The summed E-state index contributed by atoms with van der Waals surface area (Å²) in [5.74, 6) is 6.17. The van der Waals surface area contributed by atoms with Crippen LogP contribution in [-0.2, 0) is 19.7 Å². The zero-order valence-corrected chi connectivity index (χ0v) is 23.3. The minimum absolute atomic E-state index is 0.170. The maximum atomic E-state index is 13.2. The zero-order valence-electron chi connectivity index (χ0n) is 23.3. The van der Waals surface area contributed by atoms with E-state index in [0.717, 1.165) is 31.5 Å². The van der Waals surface area contributed by atoms with Gasteiger partial charge in [0, 0.05) is 37.2 Å². The fourth-order valence-corrected chi connectivity index (χ4v) is 6.79. The van der Waals surface area contributed by atoms with Crippen molar-refractivity contribution in [2.45, 2.75) is 55.7 Å². The van der Waals surface area contributed by atoms with Crippen LogP contribution in [0.2, 0.25) is 0 Å². The van der Waals surface area contributed by atoms with Crippen molar-refractivity contribution in [2.24, 2.45) is 0 Å². The zero-order chi connectivity index (χ0) is 28.7. The Balaban J connectivity index is 1.26. The molecule has 9 nitrogen and oxygen atoms in total. The first-order valence-corrected chi connectivity index (χ1v) is 14.5. The molecule has 0 aromatic heterocycles. The summed E-state index contributed by atoms with van der Waals surface area (Å²) in [4.78, 5) is 17.3. The van der Waals surface area contributed by atoms with E-state index in [1.807, 2.05) is 11.0 Å². The first-order chi connectivity index (χ1) is 19.8. The lowest BCUT2D eigenvalue weighted by Crippen LogP contribution is -2.58. The number of morpholine rings is 1. The molecular formula is C32H38N2O7. The van der Waals surface area contributed by atoms with E-state index in [2.05, 4.69) is 54.0 Å². The van der Waals surface area contributed by atoms with Crippen molar-refractivity contribution in [2.75, 3.05) is 52.5 Å². The Morgan fingerprint density at radius 3 is 2.34 bits per heavy atom. The van der Waals surface area contributed by atoms with E-state index in [4.69, 9.17) is 9.47 Å². The molecule has 218 valence electrons. The number of carbonyl (C=O) groups is 1. The number of hydrogen-bond donors (Lipinski definition) is 4. The third-order valence-electron chi connectivity index (χ3n) is 9.20. The fourth-order valence-electron chi connectivity index (χ4n) is 6.79. The van der Waals surface area contributed by atoms with E-state index in [-0.39, 0.29) is 11.3 Å². The summed E-state index contributed by atoms with van der Waals surface area (Å²) in [7, 11) is 0. The van der Waals surface area contributed by atoms with Gasteiger partial charge in [-0.15, -0.1) is 0 Å². The van der Waals surface area contributed by atoms with Crippen LogP contribution in [0.5, 0.6) is 0 Å². The van der Waals surface area contributed by atoms with Crippen LogP contribution in [0.1, 0.15) is 35.1 Å². The van der Waals surface area contributed by atoms with E-state index in [1.165, 1.54) is 27.8 Å². The summed E-state index contributed by atoms with van der Waals surface area (Å²) in [5.41, 5.74) is 6.59. The molecule has 3 aliphatic heterocycles. The van der Waals surface area contributed by atoms with Crippen molar-refractivity contribution in [3.05, 3.63) is 58.7 Å². The molecule has 2 aromatic rings. The Bertz CT molecular complexity index is 1350. The van der Waals surface area contributed by atoms with Crippen LogP contribution in [0.3, 0.4) is 0 Å². The fraction of sp³-hybridized carbons (Fsp3) is 0.531. The van der Waals surface area contributed by atoms with Gasteiger partial charge in [-0.1, -0.05) is 41.7 Å². The number of piperidine rings is 1. The van der Waals surface area contributed by atoms with Gasteiger partial charge in [-0.05, 0) is 54.2 Å². The number of aliphatic hydroxyl groups excluding tert-OH is 4. The van der Waals surface area contributed by atoms with Crippen molar-refractivity contribution in [1.82, 2.24) is 9.80 Å². The molecule has 3 heterocycles. The van der Waals surface area contributed by atoms with Crippen LogP contribution < -0.4 is 0 Å². The second-order valence-corrected chi connectivity index (χ2v) is 11.7. The molecular weight excluding hydrogens is 524 g/mol. The summed E-state index contributed by atoms with van der Waals surface area (Å²) < 4.78 is 11.0. The van der Waals surface area contributed by atoms with Crippen molar-refractivity contribution in [3.8, 4) is 23.0 Å². The van der Waals surface area contributed by atoms with E-state index in [0.29, 0.717) is 32.8 Å². The molecule has 0 unspecified atom stereocenters. The minimum Gasteiger partial charge on any atom is -0.394 e. The first-order valence-electron chi connectivity index (χ1n) is 14.5. The quantitative estimate of drug-likeness (QED) is 0.397. The summed E-state index contributed by atoms with van der Waals surface area (Å²) >= 11 is 0. The third-order valence-corrected chi connectivity index (χ3v) is 9.20. The number of amides is 1. The lowest BCUT2D eigenvalue weighted by atomic mass is 9.70. The summed E-state index contributed by atoms with van der Waals surface area (Å²) in [6, 6.07) is 12.7. The number of rotatable bonds is 3. The maximum Gasteiger partial charge on any atom is 0.236 e. The summed E-state index contributed by atoms with van der Waals surface area (Å²) in [5, 5.41) is 40.1. The molecule has 6 rings (SSSR count). The van der Waals surface area contributed by atoms with Crippen LogP contribution in [0.4, 0.5) is 0 Å². The van der Waals surface area contributed by atoms with Gasteiger partial charge < -0.3 is 34.8 Å². The number of hydrogen-bond acceptors (Lipinski definition) is 8. The van der Waals surface area contributed by atoms with Crippen LogP contribution >= 0.6 is 0 Å². The van der Waals surface area contributed by atoms with Crippen LogP contribution in [0.25, 0.3) is 11.1 Å². The van der Waals surface area contributed by atoms with Crippen molar-refractivity contribution in [1.29, 1.82) is 0 Å². The molecule has 3 fully saturated rings. The number of carbonyl (C=O) groups excluding carboxylic acids is 1. The minimum atomic E-state index is -1.46. The molecule has 1 spiro atoms. The maximum absolute atomic E-state index is 13.2. The average Bonchev–Trinajstić information content (AvgIpc) is 3.24. The first kappa shape index (κ1) is 28.3. The SMILES string of the molecule is Cc1ccc2c(c1)C1(CCN(C(=O)CN3CCOCC3)CC1)c1cc(C#C[C@H]3O[C@H](CO)[C@@H](O)[C@H](O)[C@@H]3O)ccc1-2. The largest absolute Gasteiger partial charge is 0.394 e. The van der Waals surface area contributed by atoms with Crippen molar-refractivity contribution < 1.29 is 34.7 Å². The van der Waals surface area contributed by atoms with Crippen LogP contribution in [0, 0.1) is 18.8 Å². The lowest BCUT2D eigenvalue weighted by molar-refractivity contribution is -0.214. The number of nitrogens with zero attached hydrogens (tertiary/aromatic N) is 2. The van der Waals surface area contributed by atoms with Gasteiger partial charge in [0.1, 0.15) is 30.5 Å². The van der Waals surface area contributed by atoms with E-state index < -0.39 is 37.1 Å². The molecule has 0 bridgehead atoms. The smallest absolute Gasteiger partial charge is 0.236 e. The highest BCUT2D eigenvalue weighted by atomic mass is 16.5. The summed E-state index contributed by atoms with van der Waals surface area (Å²) in [6.07, 6.45) is -4.69. The molecule has 3 saturated heterocycles. The Labute approximate surface area is 240 Å². The molecule has 5 atom stereocenters. The molecule has 2 aromatic carbocycles. The van der Waals surface area contributed by atoms with Gasteiger partial charge in [0.15, 0.2) is 0 Å². The van der Waals surface area contributed by atoms with Crippen LogP contribution in [-0.4, -0.2) is 119 Å². The summed E-state index contributed by atoms with van der Waals surface area (Å²) in [6.45, 7) is 6.32. The van der Waals surface area contributed by atoms with Gasteiger partial charge in [0.05, 0.1) is 26.4 Å². The third kappa shape index (κ3) is 5.19. The van der Waals surface area contributed by atoms with Gasteiger partial charge in [-0.2, -0.15) is 0 Å². The van der Waals surface area contributed by atoms with Gasteiger partial charge in [0.25, 0.3) is 0 Å². The van der Waals surface area contributed by atoms with E-state index in [1.54, 1.807) is 0 Å². The van der Waals surface area contributed by atoms with Gasteiger partial charge in [0.2, 0.25) is 5.91 Å². The number of aryl methyl sites for hydroxylation is 1. The van der Waals surface area contributed by atoms with E-state index in [9.17, 15) is 25.2 Å². The molecule has 4 aliphatic rings. The predicted molar refractivity (Wildman–Crippen MR) is 151 cm³/mol. The predicted octanol–water partition coefficient (Wildman–Crippen LogP) is 0.410. The van der Waals surface area contributed by atoms with Crippen molar-refractivity contribution in [3.63, 3.8) is 0 Å². The lowest BCUT2D eigenvalue weighted by Gasteiger charge is -2.41. The van der Waals surface area contributed by atoms with Gasteiger partial charge >= 0.3 is 0 Å². The standard InChI is InChI=1S/C32H38N2O7/c1-20-2-5-22-23-6-3-21(4-7-26-29(37)31(39)30(38)27(19-35)41-26)17-25(23)32(24(22)16-20)8-10-34(11-9-32)28(36)18-33-12-14-40-15-13-33/h2-3,5-6,16-17,26-27,29-31,35,37-39H,8-15,18-19H2,1H3/t26-,27-,29-,30-,31-/m1/s1. The Morgan fingerprint density at radius 2 is 1.63 bits per heavy atom. The van der Waals surface area contributed by atoms with Crippen LogP contribution in [0.15, 0.2) is 36.4 Å². The number of ether oxygens (including phenoxy) is 2. The average molecular weight is 563 g/mol. The highest BCUT2D eigenvalue weighted by Gasteiger charge is 2.46. The van der Waals surface area contributed by atoms with Gasteiger partial charge in [-0.25, -0.2) is 0 Å². The highest BCUT2D eigenvalue weighted by molar-refractivity contribution is 5.83. The van der Waals surface area contributed by atoms with E-state index >= 15 is 0 Å². The molecule has 0 radical (unpaired) electrons. The number of likely N-dealkylation sites (tertiary alicyclic amines) is 1. The number of aliphatic hydroxyl groups is 4. The molecule has 1 aliphatic carbocycles. The monoisotopic (exact) mass is 562 g/mol. The normalized spacial score (nSPS) is 29.0.